The van der Waals surface area contributed by atoms with Crippen molar-refractivity contribution in [1.82, 2.24) is 10.2 Å². The minimum absolute atomic E-state index is 0.713. The van der Waals surface area contributed by atoms with Crippen LogP contribution < -0.4 is 5.32 Å². The number of rotatable bonds is 5. The second-order valence-corrected chi connectivity index (χ2v) is 7.13. The van der Waals surface area contributed by atoms with Crippen LogP contribution in [0.25, 0.3) is 0 Å². The molecule has 1 saturated heterocycles. The first-order valence-corrected chi connectivity index (χ1v) is 8.04. The number of hydrogen-bond donors (Lipinski definition) is 1. The molecular weight excluding hydrogens is 220 g/mol. The van der Waals surface area contributed by atoms with Gasteiger partial charge in [-0.15, -0.1) is 0 Å². The van der Waals surface area contributed by atoms with Crippen LogP contribution in [-0.2, 0) is 0 Å². The zero-order valence-electron chi connectivity index (χ0n) is 12.8. The number of nitrogens with one attached hydrogen (secondary N) is 1. The molecule has 0 aromatic rings. The van der Waals surface area contributed by atoms with Crippen LogP contribution in [0.15, 0.2) is 0 Å². The van der Waals surface area contributed by atoms with Crippen LogP contribution in [-0.4, -0.2) is 36.6 Å². The fraction of sp³-hybridized carbons (Fsp3) is 1.00. The third-order valence-corrected chi connectivity index (χ3v) is 5.09. The van der Waals surface area contributed by atoms with Gasteiger partial charge in [-0.3, -0.25) is 4.90 Å². The van der Waals surface area contributed by atoms with Gasteiger partial charge in [-0.1, -0.05) is 13.8 Å². The highest BCUT2D eigenvalue weighted by molar-refractivity contribution is 4.91. The van der Waals surface area contributed by atoms with E-state index in [1.54, 1.807) is 0 Å². The SMILES string of the molecule is CC(C)C1CC(N(CC2CCCNC2)C(C)C)C1. The fourth-order valence-corrected chi connectivity index (χ4v) is 3.60. The molecule has 2 heteroatoms. The van der Waals surface area contributed by atoms with Gasteiger partial charge in [0.2, 0.25) is 0 Å². The first-order valence-electron chi connectivity index (χ1n) is 8.04. The maximum absolute atomic E-state index is 3.55. The van der Waals surface area contributed by atoms with Crippen LogP contribution in [0.3, 0.4) is 0 Å². The van der Waals surface area contributed by atoms with Crippen LogP contribution >= 0.6 is 0 Å². The topological polar surface area (TPSA) is 15.3 Å². The largest absolute Gasteiger partial charge is 0.316 e. The maximum atomic E-state index is 3.55. The second kappa shape index (κ2) is 6.38. The lowest BCUT2D eigenvalue weighted by Crippen LogP contribution is -2.52. The van der Waals surface area contributed by atoms with Crippen molar-refractivity contribution in [1.29, 1.82) is 0 Å². The van der Waals surface area contributed by atoms with Crippen molar-refractivity contribution < 1.29 is 0 Å². The molecule has 2 fully saturated rings. The van der Waals surface area contributed by atoms with E-state index in [0.717, 1.165) is 23.8 Å². The molecule has 0 radical (unpaired) electrons. The first kappa shape index (κ1) is 14.3. The monoisotopic (exact) mass is 252 g/mol. The average Bonchev–Trinajstić information content (AvgIpc) is 2.26. The Balaban J connectivity index is 1.81. The Labute approximate surface area is 114 Å². The molecule has 2 aliphatic rings. The summed E-state index contributed by atoms with van der Waals surface area (Å²) in [7, 11) is 0. The lowest BCUT2D eigenvalue weighted by Gasteiger charge is -2.48. The van der Waals surface area contributed by atoms with Gasteiger partial charge in [-0.25, -0.2) is 0 Å². The molecule has 0 spiro atoms. The van der Waals surface area contributed by atoms with E-state index in [9.17, 15) is 0 Å². The van der Waals surface area contributed by atoms with Crippen molar-refractivity contribution in [2.24, 2.45) is 17.8 Å². The van der Waals surface area contributed by atoms with Gasteiger partial charge in [0.05, 0.1) is 0 Å². The Morgan fingerprint density at radius 3 is 2.39 bits per heavy atom. The summed E-state index contributed by atoms with van der Waals surface area (Å²) in [5, 5.41) is 3.55. The summed E-state index contributed by atoms with van der Waals surface area (Å²) in [4.78, 5) is 2.79. The Bertz CT molecular complexity index is 237. The summed E-state index contributed by atoms with van der Waals surface area (Å²) in [6.07, 6.45) is 5.68. The van der Waals surface area contributed by atoms with Gasteiger partial charge >= 0.3 is 0 Å². The summed E-state index contributed by atoms with van der Waals surface area (Å²) < 4.78 is 0. The highest BCUT2D eigenvalue weighted by Gasteiger charge is 2.36. The normalized spacial score (nSPS) is 33.2. The standard InChI is InChI=1S/C16H32N2/c1-12(2)15-8-16(9-15)18(13(3)4)11-14-6-5-7-17-10-14/h12-17H,5-11H2,1-4H3. The van der Waals surface area contributed by atoms with Crippen LogP contribution in [0.1, 0.15) is 53.4 Å². The molecule has 2 nitrogen and oxygen atoms in total. The summed E-state index contributed by atoms with van der Waals surface area (Å²) in [5.41, 5.74) is 0. The third kappa shape index (κ3) is 3.48. The van der Waals surface area contributed by atoms with Gasteiger partial charge in [-0.2, -0.15) is 0 Å². The van der Waals surface area contributed by atoms with E-state index in [4.69, 9.17) is 0 Å². The minimum atomic E-state index is 0.713. The van der Waals surface area contributed by atoms with E-state index in [2.05, 4.69) is 37.9 Å². The van der Waals surface area contributed by atoms with Crippen LogP contribution in [0.2, 0.25) is 0 Å². The minimum Gasteiger partial charge on any atom is -0.316 e. The Morgan fingerprint density at radius 2 is 1.89 bits per heavy atom. The summed E-state index contributed by atoms with van der Waals surface area (Å²) in [5.74, 6) is 2.76. The number of hydrogen-bond acceptors (Lipinski definition) is 2. The smallest absolute Gasteiger partial charge is 0.0104 e. The highest BCUT2D eigenvalue weighted by atomic mass is 15.2. The van der Waals surface area contributed by atoms with E-state index in [-0.39, 0.29) is 0 Å². The van der Waals surface area contributed by atoms with Gasteiger partial charge in [0.15, 0.2) is 0 Å². The van der Waals surface area contributed by atoms with E-state index in [1.165, 1.54) is 45.3 Å². The molecule has 1 N–H and O–H groups in total. The van der Waals surface area contributed by atoms with Crippen LogP contribution in [0, 0.1) is 17.8 Å². The molecule has 1 aliphatic heterocycles. The zero-order chi connectivity index (χ0) is 13.1. The van der Waals surface area contributed by atoms with Crippen molar-refractivity contribution in [3.05, 3.63) is 0 Å². The Morgan fingerprint density at radius 1 is 1.17 bits per heavy atom. The molecule has 1 heterocycles. The molecule has 0 aromatic carbocycles. The van der Waals surface area contributed by atoms with Gasteiger partial charge < -0.3 is 5.32 Å². The molecule has 106 valence electrons. The molecule has 18 heavy (non-hydrogen) atoms. The molecule has 1 saturated carbocycles. The third-order valence-electron chi connectivity index (χ3n) is 5.09. The van der Waals surface area contributed by atoms with Crippen molar-refractivity contribution >= 4 is 0 Å². The van der Waals surface area contributed by atoms with Crippen LogP contribution in [0.5, 0.6) is 0 Å². The second-order valence-electron chi connectivity index (χ2n) is 7.13. The summed E-state index contributed by atoms with van der Waals surface area (Å²) in [6.45, 7) is 13.3. The molecule has 1 aliphatic carbocycles. The summed E-state index contributed by atoms with van der Waals surface area (Å²) >= 11 is 0. The van der Waals surface area contributed by atoms with E-state index < -0.39 is 0 Å². The van der Waals surface area contributed by atoms with Crippen molar-refractivity contribution in [3.63, 3.8) is 0 Å². The molecule has 1 unspecified atom stereocenters. The maximum Gasteiger partial charge on any atom is 0.0104 e. The first-order chi connectivity index (χ1) is 8.58. The predicted octanol–water partition coefficient (Wildman–Crippen LogP) is 3.13. The molecule has 2 rings (SSSR count). The van der Waals surface area contributed by atoms with Crippen molar-refractivity contribution in [3.8, 4) is 0 Å². The lowest BCUT2D eigenvalue weighted by molar-refractivity contribution is 0.0205. The van der Waals surface area contributed by atoms with Crippen molar-refractivity contribution in [2.75, 3.05) is 19.6 Å². The molecular formula is C16H32N2. The average molecular weight is 252 g/mol. The summed E-state index contributed by atoms with van der Waals surface area (Å²) in [6, 6.07) is 1.59. The molecule has 0 amide bonds. The van der Waals surface area contributed by atoms with E-state index >= 15 is 0 Å². The Kier molecular flexibility index (Phi) is 5.08. The van der Waals surface area contributed by atoms with Gasteiger partial charge in [0.25, 0.3) is 0 Å². The zero-order valence-corrected chi connectivity index (χ0v) is 12.8. The molecule has 0 aromatic heterocycles. The van der Waals surface area contributed by atoms with Gasteiger partial charge in [0, 0.05) is 18.6 Å². The van der Waals surface area contributed by atoms with Gasteiger partial charge in [0.1, 0.15) is 0 Å². The predicted molar refractivity (Wildman–Crippen MR) is 78.8 cm³/mol. The van der Waals surface area contributed by atoms with Gasteiger partial charge in [-0.05, 0) is 70.4 Å². The van der Waals surface area contributed by atoms with E-state index in [1.807, 2.05) is 0 Å². The van der Waals surface area contributed by atoms with Crippen molar-refractivity contribution in [2.45, 2.75) is 65.5 Å². The Hall–Kier alpha value is -0.0800. The molecule has 1 atom stereocenters. The van der Waals surface area contributed by atoms with Crippen LogP contribution in [0.4, 0.5) is 0 Å². The fourth-order valence-electron chi connectivity index (χ4n) is 3.60. The number of piperidine rings is 1. The van der Waals surface area contributed by atoms with E-state index in [0.29, 0.717) is 6.04 Å². The highest BCUT2D eigenvalue weighted by Crippen LogP contribution is 2.38. The quantitative estimate of drug-likeness (QED) is 0.809. The number of nitrogens with zero attached hydrogens (tertiary/aromatic N) is 1. The lowest BCUT2D eigenvalue weighted by atomic mass is 9.72. The molecule has 0 bridgehead atoms.